The van der Waals surface area contributed by atoms with Gasteiger partial charge in [-0.3, -0.25) is 0 Å². The molecule has 0 aliphatic carbocycles. The molecule has 0 atom stereocenters. The zero-order valence-electron chi connectivity index (χ0n) is 9.18. The van der Waals surface area contributed by atoms with Crippen LogP contribution in [0.3, 0.4) is 0 Å². The number of nitrogens with zero attached hydrogens (tertiary/aromatic N) is 3. The molecule has 1 rings (SSSR count). The van der Waals surface area contributed by atoms with Crippen molar-refractivity contribution in [1.29, 1.82) is 0 Å². The molecule has 0 spiro atoms. The minimum absolute atomic E-state index is 0.0858. The van der Waals surface area contributed by atoms with E-state index in [2.05, 4.69) is 10.2 Å². The van der Waals surface area contributed by atoms with Crippen molar-refractivity contribution in [3.05, 3.63) is 28.8 Å². The van der Waals surface area contributed by atoms with E-state index in [1.54, 1.807) is 0 Å². The van der Waals surface area contributed by atoms with Gasteiger partial charge in [-0.15, -0.1) is 5.10 Å². The molecule has 4 N–H and O–H groups in total. The van der Waals surface area contributed by atoms with Crippen LogP contribution in [0.1, 0.15) is 5.56 Å². The van der Waals surface area contributed by atoms with Crippen molar-refractivity contribution in [2.24, 2.45) is 21.7 Å². The van der Waals surface area contributed by atoms with E-state index in [0.29, 0.717) is 5.02 Å². The van der Waals surface area contributed by atoms with E-state index in [4.69, 9.17) is 23.1 Å². The Morgan fingerprint density at radius 2 is 2.06 bits per heavy atom. The third-order valence-corrected chi connectivity index (χ3v) is 2.20. The molecule has 0 heterocycles. The van der Waals surface area contributed by atoms with Crippen LogP contribution in [0.4, 0.5) is 5.69 Å². The van der Waals surface area contributed by atoms with E-state index in [9.17, 15) is 0 Å². The summed E-state index contributed by atoms with van der Waals surface area (Å²) in [5.74, 6) is -0.0858. The number of hydrogen-bond donors (Lipinski definition) is 2. The molecule has 0 bridgehead atoms. The fraction of sp³-hybridized carbons (Fsp3) is 0.200. The first-order valence-corrected chi connectivity index (χ1v) is 4.97. The highest BCUT2D eigenvalue weighted by molar-refractivity contribution is 6.33. The number of guanidine groups is 1. The second-order valence-electron chi connectivity index (χ2n) is 3.37. The molecule has 0 radical (unpaired) electrons. The molecule has 0 unspecified atom stereocenters. The number of halogens is 1. The maximum Gasteiger partial charge on any atom is 0.211 e. The standard InChI is InChI=1S/C10H14ClN5/c1-16(2)8-4-3-7(9(11)5-8)6-14-15-10(12)13/h3-6H,1-2H3,(H4,12,13,15). The molecule has 1 aromatic rings. The van der Waals surface area contributed by atoms with Gasteiger partial charge in [0.2, 0.25) is 5.96 Å². The van der Waals surface area contributed by atoms with Gasteiger partial charge >= 0.3 is 0 Å². The zero-order valence-corrected chi connectivity index (χ0v) is 9.94. The Morgan fingerprint density at radius 1 is 1.38 bits per heavy atom. The van der Waals surface area contributed by atoms with Crippen LogP contribution in [0, 0.1) is 0 Å². The second-order valence-corrected chi connectivity index (χ2v) is 3.78. The lowest BCUT2D eigenvalue weighted by atomic mass is 10.2. The van der Waals surface area contributed by atoms with Crippen molar-refractivity contribution in [2.45, 2.75) is 0 Å². The highest BCUT2D eigenvalue weighted by Gasteiger charge is 2.00. The van der Waals surface area contributed by atoms with Crippen LogP contribution in [0.2, 0.25) is 5.02 Å². The van der Waals surface area contributed by atoms with Gasteiger partial charge in [0.1, 0.15) is 0 Å². The summed E-state index contributed by atoms with van der Waals surface area (Å²) < 4.78 is 0. The Labute approximate surface area is 99.4 Å². The fourth-order valence-corrected chi connectivity index (χ4v) is 1.28. The van der Waals surface area contributed by atoms with Crippen molar-refractivity contribution >= 4 is 29.5 Å². The highest BCUT2D eigenvalue weighted by atomic mass is 35.5. The summed E-state index contributed by atoms with van der Waals surface area (Å²) in [7, 11) is 3.89. The predicted molar refractivity (Wildman–Crippen MR) is 69.2 cm³/mol. The third kappa shape index (κ3) is 3.43. The largest absolute Gasteiger partial charge is 0.378 e. The molecule has 0 fully saturated rings. The molecule has 0 saturated carbocycles. The molecule has 16 heavy (non-hydrogen) atoms. The van der Waals surface area contributed by atoms with Crippen LogP contribution >= 0.6 is 11.6 Å². The predicted octanol–water partition coefficient (Wildman–Crippen LogP) is 1.01. The Morgan fingerprint density at radius 3 is 2.56 bits per heavy atom. The summed E-state index contributed by atoms with van der Waals surface area (Å²) in [6, 6.07) is 5.63. The first-order chi connectivity index (χ1) is 7.50. The molecular formula is C10H14ClN5. The minimum atomic E-state index is -0.0858. The van der Waals surface area contributed by atoms with Crippen molar-refractivity contribution in [1.82, 2.24) is 0 Å². The van der Waals surface area contributed by atoms with Crippen LogP contribution in [-0.2, 0) is 0 Å². The Bertz CT molecular complexity index is 421. The second kappa shape index (κ2) is 5.37. The van der Waals surface area contributed by atoms with Crippen molar-refractivity contribution < 1.29 is 0 Å². The van der Waals surface area contributed by atoms with Gasteiger partial charge in [0, 0.05) is 25.3 Å². The maximum absolute atomic E-state index is 6.06. The van der Waals surface area contributed by atoms with Gasteiger partial charge in [-0.05, 0) is 18.2 Å². The first-order valence-electron chi connectivity index (χ1n) is 4.59. The van der Waals surface area contributed by atoms with Gasteiger partial charge in [-0.25, -0.2) is 0 Å². The van der Waals surface area contributed by atoms with E-state index in [0.717, 1.165) is 11.3 Å². The topological polar surface area (TPSA) is 80.0 Å². The Balaban J connectivity index is 2.91. The summed E-state index contributed by atoms with van der Waals surface area (Å²) in [6.45, 7) is 0. The van der Waals surface area contributed by atoms with Gasteiger partial charge in [0.25, 0.3) is 0 Å². The van der Waals surface area contributed by atoms with E-state index in [-0.39, 0.29) is 5.96 Å². The molecule has 0 saturated heterocycles. The van der Waals surface area contributed by atoms with E-state index < -0.39 is 0 Å². The normalized spacial score (nSPS) is 10.4. The minimum Gasteiger partial charge on any atom is -0.378 e. The lowest BCUT2D eigenvalue weighted by Gasteiger charge is -2.12. The van der Waals surface area contributed by atoms with Crippen LogP contribution in [0.5, 0.6) is 0 Å². The SMILES string of the molecule is CN(C)c1ccc(C=NN=C(N)N)c(Cl)c1. The smallest absolute Gasteiger partial charge is 0.211 e. The van der Waals surface area contributed by atoms with Gasteiger partial charge < -0.3 is 16.4 Å². The Kier molecular flexibility index (Phi) is 4.13. The summed E-state index contributed by atoms with van der Waals surface area (Å²) in [6.07, 6.45) is 1.50. The summed E-state index contributed by atoms with van der Waals surface area (Å²) >= 11 is 6.06. The zero-order chi connectivity index (χ0) is 12.1. The number of benzene rings is 1. The maximum atomic E-state index is 6.06. The van der Waals surface area contributed by atoms with Crippen LogP contribution in [-0.4, -0.2) is 26.3 Å². The number of nitrogens with two attached hydrogens (primary N) is 2. The number of anilines is 1. The molecule has 6 heteroatoms. The van der Waals surface area contributed by atoms with E-state index in [1.807, 2.05) is 37.2 Å². The first kappa shape index (κ1) is 12.3. The fourth-order valence-electron chi connectivity index (χ4n) is 1.06. The lowest BCUT2D eigenvalue weighted by molar-refractivity contribution is 1.13. The molecule has 5 nitrogen and oxygen atoms in total. The molecular weight excluding hydrogens is 226 g/mol. The van der Waals surface area contributed by atoms with Gasteiger partial charge in [0.15, 0.2) is 0 Å². The third-order valence-electron chi connectivity index (χ3n) is 1.87. The van der Waals surface area contributed by atoms with Gasteiger partial charge in [0.05, 0.1) is 11.2 Å². The average Bonchev–Trinajstić information content (AvgIpc) is 2.19. The molecule has 0 aromatic heterocycles. The molecule has 1 aromatic carbocycles. The van der Waals surface area contributed by atoms with E-state index >= 15 is 0 Å². The van der Waals surface area contributed by atoms with Gasteiger partial charge in [-0.2, -0.15) is 5.10 Å². The van der Waals surface area contributed by atoms with Crippen molar-refractivity contribution in [3.63, 3.8) is 0 Å². The quantitative estimate of drug-likeness (QED) is 0.469. The summed E-state index contributed by atoms with van der Waals surface area (Å²) in [4.78, 5) is 1.96. The molecule has 0 aliphatic rings. The number of rotatable bonds is 3. The van der Waals surface area contributed by atoms with Crippen LogP contribution < -0.4 is 16.4 Å². The molecule has 86 valence electrons. The van der Waals surface area contributed by atoms with Crippen molar-refractivity contribution in [3.8, 4) is 0 Å². The van der Waals surface area contributed by atoms with E-state index in [1.165, 1.54) is 6.21 Å². The monoisotopic (exact) mass is 239 g/mol. The van der Waals surface area contributed by atoms with Crippen LogP contribution in [0.15, 0.2) is 28.4 Å². The Hall–Kier alpha value is -1.75. The molecule has 0 amide bonds. The summed E-state index contributed by atoms with van der Waals surface area (Å²) in [5.41, 5.74) is 12.0. The lowest BCUT2D eigenvalue weighted by Crippen LogP contribution is -2.21. The van der Waals surface area contributed by atoms with Gasteiger partial charge in [-0.1, -0.05) is 11.6 Å². The average molecular weight is 240 g/mol. The van der Waals surface area contributed by atoms with Crippen LogP contribution in [0.25, 0.3) is 0 Å². The number of hydrogen-bond acceptors (Lipinski definition) is 3. The van der Waals surface area contributed by atoms with Crippen molar-refractivity contribution in [2.75, 3.05) is 19.0 Å². The summed E-state index contributed by atoms with van der Waals surface area (Å²) in [5, 5.41) is 7.78. The molecule has 0 aliphatic heterocycles. The highest BCUT2D eigenvalue weighted by Crippen LogP contribution is 2.21.